The van der Waals surface area contributed by atoms with Crippen molar-refractivity contribution in [2.24, 2.45) is 4.99 Å². The van der Waals surface area contributed by atoms with Crippen LogP contribution in [0.3, 0.4) is 0 Å². The number of carbonyl (C=O) groups excluding carboxylic acids is 1. The minimum absolute atomic E-state index is 0.201. The van der Waals surface area contributed by atoms with Gasteiger partial charge < -0.3 is 18.9 Å². The number of benzene rings is 2. The average molecular weight is 495 g/mol. The van der Waals surface area contributed by atoms with Crippen LogP contribution in [0.4, 0.5) is 0 Å². The number of para-hydroxylation sites is 1. The number of nitrogens with zero attached hydrogens (tertiary/aromatic N) is 2. The molecule has 35 heavy (non-hydrogen) atoms. The Morgan fingerprint density at radius 1 is 1.06 bits per heavy atom. The fourth-order valence-electron chi connectivity index (χ4n) is 4.06. The lowest BCUT2D eigenvalue weighted by atomic mass is 9.95. The van der Waals surface area contributed by atoms with Crippen molar-refractivity contribution < 1.29 is 23.7 Å². The maximum absolute atomic E-state index is 13.7. The third-order valence-corrected chi connectivity index (χ3v) is 6.65. The number of carbonyl (C=O) groups is 1. The predicted molar refractivity (Wildman–Crippen MR) is 133 cm³/mol. The number of hydrogen-bond acceptors (Lipinski definition) is 8. The number of fused-ring (bicyclic) bond motifs is 1. The van der Waals surface area contributed by atoms with E-state index < -0.39 is 12.0 Å². The van der Waals surface area contributed by atoms with Crippen LogP contribution >= 0.6 is 11.3 Å². The van der Waals surface area contributed by atoms with E-state index in [0.29, 0.717) is 43.4 Å². The van der Waals surface area contributed by atoms with Gasteiger partial charge in [-0.1, -0.05) is 35.6 Å². The Hall–Kier alpha value is -3.85. The van der Waals surface area contributed by atoms with E-state index in [2.05, 4.69) is 4.99 Å². The van der Waals surface area contributed by atoms with E-state index in [1.165, 1.54) is 23.0 Å². The average Bonchev–Trinajstić information content (AvgIpc) is 3.17. The molecule has 2 aromatic carbocycles. The molecular formula is C26H26N2O6S. The molecule has 0 bridgehead atoms. The standard InChI is InChI=1S/C26H26N2O6S/c1-6-34-25(30)22-15(2)27-26-28(23(22)17-11-12-19(32-4)20(13-17)33-5)24(29)21(35-26)14-16-9-7-8-10-18(16)31-3/h7-14,23H,6H2,1-5H3/b21-14-. The van der Waals surface area contributed by atoms with Crippen molar-refractivity contribution in [3.8, 4) is 17.2 Å². The summed E-state index contributed by atoms with van der Waals surface area (Å²) in [6.45, 7) is 3.69. The van der Waals surface area contributed by atoms with Gasteiger partial charge in [0.1, 0.15) is 5.75 Å². The van der Waals surface area contributed by atoms with E-state index in [9.17, 15) is 9.59 Å². The monoisotopic (exact) mass is 494 g/mol. The van der Waals surface area contributed by atoms with Crippen LogP contribution in [-0.4, -0.2) is 38.5 Å². The Labute approximate surface area is 206 Å². The summed E-state index contributed by atoms with van der Waals surface area (Å²) in [4.78, 5) is 31.9. The molecule has 0 saturated heterocycles. The van der Waals surface area contributed by atoms with Crippen molar-refractivity contribution in [2.45, 2.75) is 19.9 Å². The van der Waals surface area contributed by atoms with Crippen molar-refractivity contribution in [3.63, 3.8) is 0 Å². The number of hydrogen-bond donors (Lipinski definition) is 0. The molecule has 0 N–H and O–H groups in total. The highest BCUT2D eigenvalue weighted by molar-refractivity contribution is 7.07. The lowest BCUT2D eigenvalue weighted by Gasteiger charge is -2.25. The summed E-state index contributed by atoms with van der Waals surface area (Å²) < 4.78 is 23.6. The van der Waals surface area contributed by atoms with Crippen LogP contribution in [-0.2, 0) is 9.53 Å². The molecule has 0 saturated carbocycles. The predicted octanol–water partition coefficient (Wildman–Crippen LogP) is 2.82. The summed E-state index contributed by atoms with van der Waals surface area (Å²) in [5.41, 5.74) is 1.96. The number of allylic oxidation sites excluding steroid dienone is 1. The number of aromatic nitrogens is 1. The van der Waals surface area contributed by atoms with E-state index in [0.717, 1.165) is 5.56 Å². The lowest BCUT2D eigenvalue weighted by Crippen LogP contribution is -2.40. The van der Waals surface area contributed by atoms with Gasteiger partial charge in [-0.2, -0.15) is 0 Å². The van der Waals surface area contributed by atoms with Gasteiger partial charge in [-0.05, 0) is 43.7 Å². The molecule has 0 aliphatic carbocycles. The summed E-state index contributed by atoms with van der Waals surface area (Å²) in [5, 5.41) is 0. The van der Waals surface area contributed by atoms with Crippen LogP contribution in [0.25, 0.3) is 6.08 Å². The molecule has 1 aromatic heterocycles. The van der Waals surface area contributed by atoms with Crippen LogP contribution in [0.1, 0.15) is 31.0 Å². The van der Waals surface area contributed by atoms with Gasteiger partial charge in [0.15, 0.2) is 16.3 Å². The highest BCUT2D eigenvalue weighted by Gasteiger charge is 2.34. The van der Waals surface area contributed by atoms with Crippen molar-refractivity contribution in [3.05, 3.63) is 84.5 Å². The Morgan fingerprint density at radius 2 is 1.77 bits per heavy atom. The van der Waals surface area contributed by atoms with E-state index in [-0.39, 0.29) is 12.2 Å². The van der Waals surface area contributed by atoms with Crippen molar-refractivity contribution in [2.75, 3.05) is 27.9 Å². The second-order valence-electron chi connectivity index (χ2n) is 7.66. The van der Waals surface area contributed by atoms with Crippen molar-refractivity contribution >= 4 is 23.4 Å². The van der Waals surface area contributed by atoms with Crippen LogP contribution < -0.4 is 29.1 Å². The Balaban J connectivity index is 1.98. The molecule has 4 rings (SSSR count). The van der Waals surface area contributed by atoms with Crippen LogP contribution in [0.2, 0.25) is 0 Å². The second-order valence-corrected chi connectivity index (χ2v) is 8.67. The van der Waals surface area contributed by atoms with Crippen LogP contribution in [0, 0.1) is 0 Å². The first-order chi connectivity index (χ1) is 16.9. The van der Waals surface area contributed by atoms with Crippen molar-refractivity contribution in [1.82, 2.24) is 4.57 Å². The minimum Gasteiger partial charge on any atom is -0.496 e. The molecule has 0 radical (unpaired) electrons. The van der Waals surface area contributed by atoms with E-state index in [4.69, 9.17) is 18.9 Å². The Kier molecular flexibility index (Phi) is 7.07. The maximum atomic E-state index is 13.7. The number of ether oxygens (including phenoxy) is 4. The number of methoxy groups -OCH3 is 3. The van der Waals surface area contributed by atoms with Gasteiger partial charge in [-0.25, -0.2) is 9.79 Å². The molecular weight excluding hydrogens is 468 g/mol. The zero-order valence-corrected chi connectivity index (χ0v) is 21.0. The van der Waals surface area contributed by atoms with E-state index in [1.54, 1.807) is 52.3 Å². The van der Waals surface area contributed by atoms with Gasteiger partial charge in [0.05, 0.1) is 49.8 Å². The number of thiazole rings is 1. The summed E-state index contributed by atoms with van der Waals surface area (Å²) in [6.07, 6.45) is 1.78. The smallest absolute Gasteiger partial charge is 0.338 e. The molecule has 8 nitrogen and oxygen atoms in total. The van der Waals surface area contributed by atoms with Crippen LogP contribution in [0.15, 0.2) is 63.5 Å². The highest BCUT2D eigenvalue weighted by atomic mass is 32.1. The number of esters is 1. The summed E-state index contributed by atoms with van der Waals surface area (Å²) >= 11 is 1.25. The topological polar surface area (TPSA) is 88.4 Å². The van der Waals surface area contributed by atoms with Gasteiger partial charge in [-0.15, -0.1) is 0 Å². The van der Waals surface area contributed by atoms with Gasteiger partial charge >= 0.3 is 5.97 Å². The SMILES string of the molecule is CCOC(=O)C1=C(C)N=c2s/c(=C\c3ccccc3OC)c(=O)n2C1c1ccc(OC)c(OC)c1. The van der Waals surface area contributed by atoms with Crippen molar-refractivity contribution in [1.29, 1.82) is 0 Å². The highest BCUT2D eigenvalue weighted by Crippen LogP contribution is 2.36. The molecule has 2 heterocycles. The summed E-state index contributed by atoms with van der Waals surface area (Å²) in [7, 11) is 4.67. The fraction of sp³-hybridized carbons (Fsp3) is 0.269. The first kappa shape index (κ1) is 24.3. The first-order valence-corrected chi connectivity index (χ1v) is 11.8. The van der Waals surface area contributed by atoms with Gasteiger partial charge in [-0.3, -0.25) is 9.36 Å². The lowest BCUT2D eigenvalue weighted by molar-refractivity contribution is -0.139. The normalized spacial score (nSPS) is 15.3. The number of rotatable bonds is 7. The van der Waals surface area contributed by atoms with E-state index in [1.807, 2.05) is 24.3 Å². The fourth-order valence-corrected chi connectivity index (χ4v) is 5.09. The molecule has 1 aliphatic rings. The minimum atomic E-state index is -0.745. The largest absolute Gasteiger partial charge is 0.496 e. The second kappa shape index (κ2) is 10.2. The molecule has 182 valence electrons. The first-order valence-electron chi connectivity index (χ1n) is 11.0. The molecule has 0 fully saturated rings. The molecule has 9 heteroatoms. The quantitative estimate of drug-likeness (QED) is 0.470. The van der Waals surface area contributed by atoms with Gasteiger partial charge in [0, 0.05) is 5.56 Å². The molecule has 0 amide bonds. The molecule has 0 spiro atoms. The summed E-state index contributed by atoms with van der Waals surface area (Å²) in [6, 6.07) is 12.0. The maximum Gasteiger partial charge on any atom is 0.338 e. The molecule has 3 aromatic rings. The zero-order chi connectivity index (χ0) is 25.1. The Morgan fingerprint density at radius 3 is 2.46 bits per heavy atom. The Bertz CT molecular complexity index is 1480. The molecule has 1 atom stereocenters. The zero-order valence-electron chi connectivity index (χ0n) is 20.2. The van der Waals surface area contributed by atoms with E-state index >= 15 is 0 Å². The third kappa shape index (κ3) is 4.46. The molecule has 1 aliphatic heterocycles. The van der Waals surface area contributed by atoms with Crippen LogP contribution in [0.5, 0.6) is 17.2 Å². The molecule has 1 unspecified atom stereocenters. The third-order valence-electron chi connectivity index (χ3n) is 5.67. The van der Waals surface area contributed by atoms with Gasteiger partial charge in [0.25, 0.3) is 5.56 Å². The summed E-state index contributed by atoms with van der Waals surface area (Å²) in [5.74, 6) is 1.16. The van der Waals surface area contributed by atoms with Gasteiger partial charge in [0.2, 0.25) is 0 Å².